The van der Waals surface area contributed by atoms with Gasteiger partial charge in [-0.15, -0.1) is 0 Å². The topological polar surface area (TPSA) is 111 Å². The molecule has 38 heavy (non-hydrogen) atoms. The lowest BCUT2D eigenvalue weighted by Gasteiger charge is -2.34. The lowest BCUT2D eigenvalue weighted by Crippen LogP contribution is -2.46. The van der Waals surface area contributed by atoms with Crippen LogP contribution in [0.25, 0.3) is 22.4 Å². The number of aryl methyl sites for hydroxylation is 2. The second-order valence-corrected chi connectivity index (χ2v) is 11.9. The number of benzene rings is 2. The van der Waals surface area contributed by atoms with E-state index in [1.165, 1.54) is 21.0 Å². The standard InChI is InChI=1S/C27H29N5O5S/c1-29-24-11-10-22(16-25(24)37-27(29)34)38(35,36)31-13-5-9-20(17-31)26(33)30-12-6-14-32-21(18-30)15-23(28-32)19-7-3-2-4-8-19/h2-4,7-8,10-11,15-16,20H,5-6,9,12-14,17-18H2,1H3. The molecule has 0 bridgehead atoms. The summed E-state index contributed by atoms with van der Waals surface area (Å²) in [6.45, 7) is 2.26. The Morgan fingerprint density at radius 1 is 1.03 bits per heavy atom. The first kappa shape index (κ1) is 24.6. The van der Waals surface area contributed by atoms with Crippen molar-refractivity contribution in [2.75, 3.05) is 19.6 Å². The van der Waals surface area contributed by atoms with Gasteiger partial charge in [-0.3, -0.25) is 14.0 Å². The zero-order valence-electron chi connectivity index (χ0n) is 21.1. The molecule has 0 spiro atoms. The molecule has 10 nitrogen and oxygen atoms in total. The van der Waals surface area contributed by atoms with Gasteiger partial charge < -0.3 is 9.32 Å². The number of carbonyl (C=O) groups excluding carboxylic acids is 1. The number of hydrogen-bond acceptors (Lipinski definition) is 6. The summed E-state index contributed by atoms with van der Waals surface area (Å²) in [4.78, 5) is 27.4. The first-order valence-corrected chi connectivity index (χ1v) is 14.3. The van der Waals surface area contributed by atoms with E-state index in [1.807, 2.05) is 46.0 Å². The van der Waals surface area contributed by atoms with Gasteiger partial charge in [-0.1, -0.05) is 30.3 Å². The Hall–Kier alpha value is -3.70. The molecule has 198 valence electrons. The van der Waals surface area contributed by atoms with Gasteiger partial charge in [0.25, 0.3) is 0 Å². The first-order valence-electron chi connectivity index (χ1n) is 12.8. The number of aromatic nitrogens is 3. The smallest absolute Gasteiger partial charge is 0.408 e. The molecule has 1 atom stereocenters. The molecule has 1 amide bonds. The van der Waals surface area contributed by atoms with Crippen molar-refractivity contribution < 1.29 is 17.6 Å². The third-order valence-corrected chi connectivity index (χ3v) is 9.39. The van der Waals surface area contributed by atoms with E-state index in [0.717, 1.165) is 29.9 Å². The fourth-order valence-corrected chi connectivity index (χ4v) is 6.98. The van der Waals surface area contributed by atoms with Crippen molar-refractivity contribution in [3.63, 3.8) is 0 Å². The number of hydrogen-bond donors (Lipinski definition) is 0. The van der Waals surface area contributed by atoms with Gasteiger partial charge in [0.05, 0.1) is 34.3 Å². The molecule has 0 radical (unpaired) electrons. The lowest BCUT2D eigenvalue weighted by atomic mass is 9.98. The van der Waals surface area contributed by atoms with Crippen LogP contribution in [0.15, 0.2) is 68.7 Å². The van der Waals surface area contributed by atoms with Gasteiger partial charge >= 0.3 is 5.76 Å². The highest BCUT2D eigenvalue weighted by Gasteiger charge is 2.36. The van der Waals surface area contributed by atoms with Gasteiger partial charge in [-0.25, -0.2) is 13.2 Å². The Balaban J connectivity index is 1.20. The molecular formula is C27H29N5O5S. The SMILES string of the molecule is Cn1c(=O)oc2cc(S(=O)(=O)N3CCCC(C(=O)N4CCCn5nc(-c6ccccc6)cc5C4)C3)ccc21. The van der Waals surface area contributed by atoms with Crippen molar-refractivity contribution in [1.29, 1.82) is 0 Å². The number of sulfonamides is 1. The predicted molar refractivity (Wildman–Crippen MR) is 141 cm³/mol. The largest absolute Gasteiger partial charge is 0.419 e. The summed E-state index contributed by atoms with van der Waals surface area (Å²) in [6, 6.07) is 16.4. The zero-order valence-corrected chi connectivity index (χ0v) is 21.9. The first-order chi connectivity index (χ1) is 18.3. The quantitative estimate of drug-likeness (QED) is 0.397. The monoisotopic (exact) mass is 535 g/mol. The summed E-state index contributed by atoms with van der Waals surface area (Å²) in [5.74, 6) is -0.988. The third-order valence-electron chi connectivity index (χ3n) is 7.53. The average Bonchev–Trinajstić information content (AvgIpc) is 3.40. The lowest BCUT2D eigenvalue weighted by molar-refractivity contribution is -0.137. The third kappa shape index (κ3) is 4.35. The van der Waals surface area contributed by atoms with Crippen molar-refractivity contribution in [3.05, 3.63) is 70.8 Å². The number of carbonyl (C=O) groups is 1. The normalized spacial score (nSPS) is 18.9. The summed E-state index contributed by atoms with van der Waals surface area (Å²) in [7, 11) is -2.29. The highest BCUT2D eigenvalue weighted by Crippen LogP contribution is 2.28. The molecule has 11 heteroatoms. The minimum atomic E-state index is -3.86. The van der Waals surface area contributed by atoms with Crippen LogP contribution in [0.1, 0.15) is 25.0 Å². The van der Waals surface area contributed by atoms with Crippen LogP contribution in [0.3, 0.4) is 0 Å². The molecule has 0 aliphatic carbocycles. The van der Waals surface area contributed by atoms with Crippen LogP contribution in [0.4, 0.5) is 0 Å². The molecule has 0 saturated carbocycles. The summed E-state index contributed by atoms with van der Waals surface area (Å²) in [5.41, 5.74) is 3.64. The molecular weight excluding hydrogens is 506 g/mol. The summed E-state index contributed by atoms with van der Waals surface area (Å²) in [5, 5.41) is 4.76. The fourth-order valence-electron chi connectivity index (χ4n) is 5.44. The van der Waals surface area contributed by atoms with E-state index < -0.39 is 21.7 Å². The minimum absolute atomic E-state index is 0.0229. The number of fused-ring (bicyclic) bond motifs is 2. The molecule has 4 heterocycles. The Morgan fingerprint density at radius 2 is 1.84 bits per heavy atom. The van der Waals surface area contributed by atoms with Crippen LogP contribution < -0.4 is 5.76 Å². The van der Waals surface area contributed by atoms with Crippen LogP contribution in [0.2, 0.25) is 0 Å². The van der Waals surface area contributed by atoms with E-state index in [1.54, 1.807) is 13.1 Å². The Kier molecular flexibility index (Phi) is 6.19. The van der Waals surface area contributed by atoms with Crippen LogP contribution >= 0.6 is 0 Å². The highest BCUT2D eigenvalue weighted by atomic mass is 32.2. The van der Waals surface area contributed by atoms with E-state index in [0.29, 0.717) is 38.0 Å². The van der Waals surface area contributed by atoms with Gasteiger partial charge in [0.15, 0.2) is 5.58 Å². The average molecular weight is 536 g/mol. The molecule has 4 aromatic rings. The maximum absolute atomic E-state index is 13.6. The molecule has 1 saturated heterocycles. The van der Waals surface area contributed by atoms with Crippen LogP contribution in [0.5, 0.6) is 0 Å². The van der Waals surface area contributed by atoms with Gasteiger partial charge in [-0.05, 0) is 37.5 Å². The minimum Gasteiger partial charge on any atom is -0.408 e. The molecule has 0 N–H and O–H groups in total. The van der Waals surface area contributed by atoms with Gasteiger partial charge in [0.1, 0.15) is 0 Å². The van der Waals surface area contributed by atoms with Crippen molar-refractivity contribution in [2.45, 2.75) is 37.2 Å². The molecule has 2 aliphatic heterocycles. The molecule has 1 unspecified atom stereocenters. The molecule has 1 fully saturated rings. The maximum atomic E-state index is 13.6. The van der Waals surface area contributed by atoms with E-state index >= 15 is 0 Å². The van der Waals surface area contributed by atoms with Crippen molar-refractivity contribution >= 4 is 27.0 Å². The predicted octanol–water partition coefficient (Wildman–Crippen LogP) is 2.83. The van der Waals surface area contributed by atoms with Crippen LogP contribution in [0, 0.1) is 5.92 Å². The van der Waals surface area contributed by atoms with Crippen molar-refractivity contribution in [3.8, 4) is 11.3 Å². The number of oxazole rings is 1. The number of piperidine rings is 1. The Labute approximate surface area is 220 Å². The van der Waals surface area contributed by atoms with Gasteiger partial charge in [-0.2, -0.15) is 9.40 Å². The van der Waals surface area contributed by atoms with Crippen LogP contribution in [-0.2, 0) is 35.0 Å². The summed E-state index contributed by atoms with van der Waals surface area (Å²) < 4.78 is 36.9. The highest BCUT2D eigenvalue weighted by molar-refractivity contribution is 7.89. The van der Waals surface area contributed by atoms with Crippen molar-refractivity contribution in [2.24, 2.45) is 13.0 Å². The fraction of sp³-hybridized carbons (Fsp3) is 0.370. The maximum Gasteiger partial charge on any atom is 0.419 e. The second kappa shape index (κ2) is 9.55. The summed E-state index contributed by atoms with van der Waals surface area (Å²) in [6.07, 6.45) is 2.02. The van der Waals surface area contributed by atoms with E-state index in [4.69, 9.17) is 9.52 Å². The Morgan fingerprint density at radius 3 is 2.66 bits per heavy atom. The number of nitrogens with zero attached hydrogens (tertiary/aromatic N) is 5. The Bertz CT molecular complexity index is 1670. The van der Waals surface area contributed by atoms with Gasteiger partial charge in [0.2, 0.25) is 15.9 Å². The van der Waals surface area contributed by atoms with E-state index in [9.17, 15) is 18.0 Å². The molecule has 2 aromatic heterocycles. The van der Waals surface area contributed by atoms with Crippen LogP contribution in [-0.4, -0.2) is 57.5 Å². The van der Waals surface area contributed by atoms with E-state index in [2.05, 4.69) is 0 Å². The molecule has 2 aliphatic rings. The number of amides is 1. The van der Waals surface area contributed by atoms with E-state index in [-0.39, 0.29) is 22.9 Å². The molecule has 2 aromatic carbocycles. The molecule has 6 rings (SSSR count). The second-order valence-electron chi connectivity index (χ2n) is 9.98. The van der Waals surface area contributed by atoms with Crippen molar-refractivity contribution in [1.82, 2.24) is 23.6 Å². The number of rotatable bonds is 4. The van der Waals surface area contributed by atoms with Gasteiger partial charge in [0, 0.05) is 44.9 Å². The summed E-state index contributed by atoms with van der Waals surface area (Å²) >= 11 is 0. The zero-order chi connectivity index (χ0) is 26.4.